The van der Waals surface area contributed by atoms with Gasteiger partial charge in [-0.25, -0.2) is 8.42 Å². The number of sulfonamides is 1. The van der Waals surface area contributed by atoms with Crippen molar-refractivity contribution in [1.29, 1.82) is 0 Å². The molecule has 0 aliphatic rings. The van der Waals surface area contributed by atoms with Crippen LogP contribution in [0.3, 0.4) is 0 Å². The van der Waals surface area contributed by atoms with E-state index >= 15 is 0 Å². The van der Waals surface area contributed by atoms with Crippen molar-refractivity contribution in [3.63, 3.8) is 0 Å². The van der Waals surface area contributed by atoms with Crippen molar-refractivity contribution in [2.24, 2.45) is 0 Å². The van der Waals surface area contributed by atoms with Gasteiger partial charge in [-0.3, -0.25) is 4.98 Å². The molecule has 0 saturated heterocycles. The van der Waals surface area contributed by atoms with Crippen LogP contribution in [0.1, 0.15) is 22.9 Å². The topological polar surface area (TPSA) is 50.3 Å². The Morgan fingerprint density at radius 2 is 2.00 bits per heavy atom. The molecule has 114 valence electrons. The molecule has 0 bridgehead atoms. The van der Waals surface area contributed by atoms with E-state index in [1.807, 2.05) is 26.0 Å². The Bertz CT molecular complexity index is 699. The van der Waals surface area contributed by atoms with Gasteiger partial charge in [0, 0.05) is 30.4 Å². The normalized spacial score (nSPS) is 12.0. The second kappa shape index (κ2) is 6.87. The van der Waals surface area contributed by atoms with Crippen molar-refractivity contribution in [2.75, 3.05) is 6.54 Å². The molecule has 0 amide bonds. The fourth-order valence-corrected chi connectivity index (χ4v) is 5.34. The third-order valence-electron chi connectivity index (χ3n) is 3.17. The van der Waals surface area contributed by atoms with Gasteiger partial charge in [0.2, 0.25) is 0 Å². The van der Waals surface area contributed by atoms with E-state index in [0.717, 1.165) is 16.0 Å². The molecule has 0 spiro atoms. The zero-order valence-electron chi connectivity index (χ0n) is 11.9. The molecule has 0 aliphatic carbocycles. The molecule has 0 unspecified atom stereocenters. The van der Waals surface area contributed by atoms with Crippen molar-refractivity contribution in [3.8, 4) is 0 Å². The molecule has 0 N–H and O–H groups in total. The summed E-state index contributed by atoms with van der Waals surface area (Å²) in [4.78, 5) is 4.84. The Hall–Kier alpha value is -0.950. The average molecular weight is 345 g/mol. The van der Waals surface area contributed by atoms with Crippen LogP contribution in [0.15, 0.2) is 34.8 Å². The highest BCUT2D eigenvalue weighted by molar-refractivity contribution is 7.91. The molecule has 2 aromatic rings. The highest BCUT2D eigenvalue weighted by atomic mass is 35.5. The first-order chi connectivity index (χ1) is 9.98. The second-order valence-corrected chi connectivity index (χ2v) is 8.16. The monoisotopic (exact) mass is 344 g/mol. The van der Waals surface area contributed by atoms with Gasteiger partial charge in [0.15, 0.2) is 0 Å². The van der Waals surface area contributed by atoms with Crippen molar-refractivity contribution in [3.05, 3.63) is 46.6 Å². The van der Waals surface area contributed by atoms with Crippen LogP contribution in [0, 0.1) is 6.92 Å². The van der Waals surface area contributed by atoms with Crippen LogP contribution in [0.2, 0.25) is 0 Å². The number of halogens is 1. The van der Waals surface area contributed by atoms with Gasteiger partial charge in [-0.15, -0.1) is 22.9 Å². The lowest BCUT2D eigenvalue weighted by Gasteiger charge is -2.19. The zero-order valence-corrected chi connectivity index (χ0v) is 14.3. The smallest absolute Gasteiger partial charge is 0.252 e. The third kappa shape index (κ3) is 3.63. The zero-order chi connectivity index (χ0) is 15.5. The molecule has 7 heteroatoms. The average Bonchev–Trinajstić information content (AvgIpc) is 2.87. The van der Waals surface area contributed by atoms with E-state index < -0.39 is 10.0 Å². The largest absolute Gasteiger partial charge is 0.265 e. The maximum atomic E-state index is 12.7. The Morgan fingerprint density at radius 3 is 2.52 bits per heavy atom. The number of aryl methyl sites for hydroxylation is 1. The molecule has 21 heavy (non-hydrogen) atoms. The number of alkyl halides is 1. The Balaban J connectivity index is 2.31. The van der Waals surface area contributed by atoms with Crippen molar-refractivity contribution < 1.29 is 8.42 Å². The molecule has 2 heterocycles. The lowest BCUT2D eigenvalue weighted by molar-refractivity contribution is 0.424. The second-order valence-electron chi connectivity index (χ2n) is 4.59. The first-order valence-electron chi connectivity index (χ1n) is 6.53. The first-order valence-corrected chi connectivity index (χ1v) is 9.32. The summed E-state index contributed by atoms with van der Waals surface area (Å²) in [5.74, 6) is 0.336. The number of hydrogen-bond donors (Lipinski definition) is 0. The summed E-state index contributed by atoms with van der Waals surface area (Å²) in [5.41, 5.74) is 1.84. The fraction of sp³-hybridized carbons (Fsp3) is 0.357. The lowest BCUT2D eigenvalue weighted by atomic mass is 10.3. The Morgan fingerprint density at radius 1 is 1.33 bits per heavy atom. The molecule has 4 nitrogen and oxygen atoms in total. The summed E-state index contributed by atoms with van der Waals surface area (Å²) in [5, 5.41) is 0. The molecule has 0 aromatic carbocycles. The summed E-state index contributed by atoms with van der Waals surface area (Å²) in [6, 6.07) is 5.34. The summed E-state index contributed by atoms with van der Waals surface area (Å²) in [6.07, 6.45) is 3.33. The molecule has 0 atom stereocenters. The Labute approximate surface area is 134 Å². The molecule has 2 rings (SSSR count). The quantitative estimate of drug-likeness (QED) is 0.754. The molecule has 0 saturated carbocycles. The highest BCUT2D eigenvalue weighted by Gasteiger charge is 2.26. The third-order valence-corrected chi connectivity index (χ3v) is 7.21. The summed E-state index contributed by atoms with van der Waals surface area (Å²) in [7, 11) is -3.49. The number of pyridine rings is 1. The van der Waals surface area contributed by atoms with Crippen LogP contribution in [0.5, 0.6) is 0 Å². The summed E-state index contributed by atoms with van der Waals surface area (Å²) >= 11 is 7.08. The molecule has 0 fully saturated rings. The van der Waals surface area contributed by atoms with Gasteiger partial charge in [-0.2, -0.15) is 4.31 Å². The number of nitrogens with zero attached hydrogens (tertiary/aromatic N) is 2. The number of aromatic nitrogens is 1. The minimum absolute atomic E-state index is 0.336. The van der Waals surface area contributed by atoms with E-state index in [2.05, 4.69) is 4.98 Å². The minimum Gasteiger partial charge on any atom is -0.265 e. The van der Waals surface area contributed by atoms with E-state index in [-0.39, 0.29) is 0 Å². The van der Waals surface area contributed by atoms with Gasteiger partial charge >= 0.3 is 0 Å². The lowest BCUT2D eigenvalue weighted by Crippen LogP contribution is -2.29. The van der Waals surface area contributed by atoms with Gasteiger partial charge in [-0.05, 0) is 36.2 Å². The van der Waals surface area contributed by atoms with Crippen LogP contribution < -0.4 is 0 Å². The minimum atomic E-state index is -3.49. The van der Waals surface area contributed by atoms with Crippen LogP contribution in [0.25, 0.3) is 0 Å². The van der Waals surface area contributed by atoms with Crippen LogP contribution >= 0.6 is 22.9 Å². The van der Waals surface area contributed by atoms with E-state index in [1.54, 1.807) is 18.5 Å². The standard InChI is InChI=1S/C14H17ClN2O2S2/c1-3-17(10-12-4-6-16-7-5-12)21(18,19)14-8-11(2)13(9-15)20-14/h4-8H,3,9-10H2,1-2H3. The SMILES string of the molecule is CCN(Cc1ccncc1)S(=O)(=O)c1cc(C)c(CCl)s1. The Kier molecular flexibility index (Phi) is 5.37. The first kappa shape index (κ1) is 16.4. The van der Waals surface area contributed by atoms with Gasteiger partial charge in [-0.1, -0.05) is 6.92 Å². The number of rotatable bonds is 6. The van der Waals surface area contributed by atoms with Crippen LogP contribution in [-0.4, -0.2) is 24.3 Å². The van der Waals surface area contributed by atoms with E-state index in [1.165, 1.54) is 15.6 Å². The highest BCUT2D eigenvalue weighted by Crippen LogP contribution is 2.30. The van der Waals surface area contributed by atoms with Gasteiger partial charge in [0.25, 0.3) is 10.0 Å². The maximum absolute atomic E-state index is 12.7. The number of hydrogen-bond acceptors (Lipinski definition) is 4. The van der Waals surface area contributed by atoms with Crippen molar-refractivity contribution in [1.82, 2.24) is 9.29 Å². The van der Waals surface area contributed by atoms with E-state index in [4.69, 9.17) is 11.6 Å². The van der Waals surface area contributed by atoms with Crippen LogP contribution in [-0.2, 0) is 22.4 Å². The predicted octanol–water partition coefficient (Wildman–Crippen LogP) is 3.40. The molecule has 0 radical (unpaired) electrons. The molecular weight excluding hydrogens is 328 g/mol. The summed E-state index contributed by atoms with van der Waals surface area (Å²) in [6.45, 7) is 4.47. The van der Waals surface area contributed by atoms with Gasteiger partial charge < -0.3 is 0 Å². The van der Waals surface area contributed by atoms with Crippen molar-refractivity contribution >= 4 is 33.0 Å². The fourth-order valence-electron chi connectivity index (χ4n) is 1.93. The molecule has 0 aliphatic heterocycles. The molecular formula is C14H17ClN2O2S2. The van der Waals surface area contributed by atoms with E-state index in [0.29, 0.717) is 23.2 Å². The van der Waals surface area contributed by atoms with Gasteiger partial charge in [0.05, 0.1) is 5.88 Å². The summed E-state index contributed by atoms with van der Waals surface area (Å²) < 4.78 is 27.3. The maximum Gasteiger partial charge on any atom is 0.252 e. The van der Waals surface area contributed by atoms with Gasteiger partial charge in [0.1, 0.15) is 4.21 Å². The number of thiophene rings is 1. The predicted molar refractivity (Wildman–Crippen MR) is 86.1 cm³/mol. The molecule has 2 aromatic heterocycles. The van der Waals surface area contributed by atoms with Crippen LogP contribution in [0.4, 0.5) is 0 Å². The van der Waals surface area contributed by atoms with Crippen molar-refractivity contribution in [2.45, 2.75) is 30.5 Å². The van der Waals surface area contributed by atoms with E-state index in [9.17, 15) is 8.42 Å².